The van der Waals surface area contributed by atoms with Gasteiger partial charge in [0.1, 0.15) is 11.6 Å². The molecule has 2 aromatic carbocycles. The molecule has 88 valence electrons. The van der Waals surface area contributed by atoms with Crippen molar-refractivity contribution in [1.82, 2.24) is 0 Å². The van der Waals surface area contributed by atoms with Crippen LogP contribution in [0.2, 0.25) is 0 Å². The van der Waals surface area contributed by atoms with E-state index in [1.807, 2.05) is 0 Å². The van der Waals surface area contributed by atoms with E-state index in [0.717, 1.165) is 0 Å². The van der Waals surface area contributed by atoms with Crippen LogP contribution in [0.25, 0.3) is 0 Å². The molecule has 0 amide bonds. The minimum absolute atomic E-state index is 0.306. The number of halogens is 3. The topological polar surface area (TPSA) is 38.0 Å². The summed E-state index contributed by atoms with van der Waals surface area (Å²) in [6.45, 7) is 0. The second kappa shape index (κ2) is 4.71. The number of nitrogen functional groups attached to an aromatic ring is 1. The van der Waals surface area contributed by atoms with E-state index in [-0.39, 0.29) is 5.82 Å². The van der Waals surface area contributed by atoms with Gasteiger partial charge in [0, 0.05) is 15.8 Å². The van der Waals surface area contributed by atoms with Crippen LogP contribution in [-0.4, -0.2) is 0 Å². The first kappa shape index (κ1) is 11.9. The molecule has 0 aromatic heterocycles. The lowest BCUT2D eigenvalue weighted by molar-refractivity contribution is 0.628. The molecule has 0 heterocycles. The van der Waals surface area contributed by atoms with Crippen LogP contribution in [0.5, 0.6) is 0 Å². The minimum Gasteiger partial charge on any atom is -0.399 e. The zero-order chi connectivity index (χ0) is 12.4. The maximum Gasteiger partial charge on any atom is 0.127 e. The van der Waals surface area contributed by atoms with Gasteiger partial charge in [0.05, 0.1) is 5.69 Å². The second-order valence-corrected chi connectivity index (χ2v) is 4.38. The van der Waals surface area contributed by atoms with Gasteiger partial charge in [-0.15, -0.1) is 0 Å². The lowest BCUT2D eigenvalue weighted by Gasteiger charge is -2.09. The van der Waals surface area contributed by atoms with Crippen molar-refractivity contribution in [2.45, 2.75) is 0 Å². The highest BCUT2D eigenvalue weighted by Gasteiger charge is 2.04. The van der Waals surface area contributed by atoms with E-state index in [0.29, 0.717) is 21.5 Å². The summed E-state index contributed by atoms with van der Waals surface area (Å²) < 4.78 is 26.8. The molecule has 0 aliphatic carbocycles. The van der Waals surface area contributed by atoms with Crippen LogP contribution in [-0.2, 0) is 0 Å². The maximum atomic E-state index is 13.1. The molecule has 0 bridgehead atoms. The quantitative estimate of drug-likeness (QED) is 0.821. The molecule has 0 spiro atoms. The van der Waals surface area contributed by atoms with Gasteiger partial charge < -0.3 is 11.1 Å². The van der Waals surface area contributed by atoms with Crippen molar-refractivity contribution >= 4 is 33.0 Å². The Labute approximate surface area is 106 Å². The largest absolute Gasteiger partial charge is 0.399 e. The van der Waals surface area contributed by atoms with Gasteiger partial charge in [0.2, 0.25) is 0 Å². The summed E-state index contributed by atoms with van der Waals surface area (Å²) in [4.78, 5) is 0. The molecule has 0 aliphatic heterocycles. The standard InChI is InChI=1S/C12H9BrF2N2/c13-11-2-1-7(14)5-12(11)17-10-4-8(15)3-9(16)6-10/h1-6,17H,16H2. The number of anilines is 3. The summed E-state index contributed by atoms with van der Waals surface area (Å²) in [5, 5.41) is 2.89. The van der Waals surface area contributed by atoms with E-state index < -0.39 is 5.82 Å². The van der Waals surface area contributed by atoms with Crippen LogP contribution in [0.1, 0.15) is 0 Å². The molecule has 2 aromatic rings. The van der Waals surface area contributed by atoms with E-state index in [1.54, 1.807) is 12.1 Å². The molecule has 0 fully saturated rings. The Bertz CT molecular complexity index is 538. The molecular weight excluding hydrogens is 290 g/mol. The van der Waals surface area contributed by atoms with E-state index in [4.69, 9.17) is 5.73 Å². The lowest BCUT2D eigenvalue weighted by Crippen LogP contribution is -1.95. The third kappa shape index (κ3) is 2.94. The Hall–Kier alpha value is -1.62. The summed E-state index contributed by atoms with van der Waals surface area (Å²) >= 11 is 3.27. The molecule has 0 saturated carbocycles. The van der Waals surface area contributed by atoms with Gasteiger partial charge in [-0.2, -0.15) is 0 Å². The van der Waals surface area contributed by atoms with Gasteiger partial charge in [-0.1, -0.05) is 0 Å². The summed E-state index contributed by atoms with van der Waals surface area (Å²) in [5.74, 6) is -0.819. The zero-order valence-electron chi connectivity index (χ0n) is 8.68. The molecule has 0 radical (unpaired) electrons. The van der Waals surface area contributed by atoms with Crippen LogP contribution in [0.15, 0.2) is 40.9 Å². The highest BCUT2D eigenvalue weighted by Crippen LogP contribution is 2.27. The first-order chi connectivity index (χ1) is 8.04. The number of hydrogen-bond donors (Lipinski definition) is 2. The number of nitrogens with two attached hydrogens (primary N) is 1. The van der Waals surface area contributed by atoms with Crippen molar-refractivity contribution in [3.8, 4) is 0 Å². The highest BCUT2D eigenvalue weighted by molar-refractivity contribution is 9.10. The SMILES string of the molecule is Nc1cc(F)cc(Nc2cc(F)ccc2Br)c1. The fourth-order valence-electron chi connectivity index (χ4n) is 1.43. The molecule has 2 rings (SSSR count). The van der Waals surface area contributed by atoms with Crippen LogP contribution in [0, 0.1) is 11.6 Å². The Kier molecular flexibility index (Phi) is 3.28. The lowest BCUT2D eigenvalue weighted by atomic mass is 10.2. The second-order valence-electron chi connectivity index (χ2n) is 3.52. The summed E-state index contributed by atoms with van der Waals surface area (Å²) in [7, 11) is 0. The minimum atomic E-state index is -0.444. The third-order valence-corrected chi connectivity index (χ3v) is 2.82. The predicted molar refractivity (Wildman–Crippen MR) is 68.2 cm³/mol. The Morgan fingerprint density at radius 1 is 1.00 bits per heavy atom. The van der Waals surface area contributed by atoms with E-state index in [9.17, 15) is 8.78 Å². The molecule has 0 atom stereocenters. The molecule has 0 aliphatic rings. The normalized spacial score (nSPS) is 10.3. The van der Waals surface area contributed by atoms with Crippen LogP contribution in [0.3, 0.4) is 0 Å². The van der Waals surface area contributed by atoms with Crippen molar-refractivity contribution in [3.63, 3.8) is 0 Å². The maximum absolute atomic E-state index is 13.1. The Balaban J connectivity index is 2.34. The van der Waals surface area contributed by atoms with Crippen LogP contribution in [0.4, 0.5) is 25.8 Å². The Morgan fingerprint density at radius 3 is 2.47 bits per heavy atom. The molecular formula is C12H9BrF2N2. The fraction of sp³-hybridized carbons (Fsp3) is 0. The third-order valence-electron chi connectivity index (χ3n) is 2.13. The van der Waals surface area contributed by atoms with Gasteiger partial charge >= 0.3 is 0 Å². The summed E-state index contributed by atoms with van der Waals surface area (Å²) in [6, 6.07) is 8.28. The first-order valence-corrected chi connectivity index (χ1v) is 5.62. The van der Waals surface area contributed by atoms with Crippen molar-refractivity contribution in [3.05, 3.63) is 52.5 Å². The first-order valence-electron chi connectivity index (χ1n) is 4.83. The molecule has 17 heavy (non-hydrogen) atoms. The summed E-state index contributed by atoms with van der Waals surface area (Å²) in [5.41, 5.74) is 6.80. The van der Waals surface area contributed by atoms with E-state index in [2.05, 4.69) is 21.2 Å². The number of hydrogen-bond acceptors (Lipinski definition) is 2. The average molecular weight is 299 g/mol. The van der Waals surface area contributed by atoms with Crippen LogP contribution >= 0.6 is 15.9 Å². The Morgan fingerprint density at radius 2 is 1.76 bits per heavy atom. The zero-order valence-corrected chi connectivity index (χ0v) is 10.3. The van der Waals surface area contributed by atoms with Crippen LogP contribution < -0.4 is 11.1 Å². The fourth-order valence-corrected chi connectivity index (χ4v) is 1.78. The smallest absolute Gasteiger partial charge is 0.127 e. The van der Waals surface area contributed by atoms with Crippen molar-refractivity contribution < 1.29 is 8.78 Å². The van der Waals surface area contributed by atoms with Gasteiger partial charge in [-0.25, -0.2) is 8.78 Å². The average Bonchev–Trinajstić information content (AvgIpc) is 2.22. The molecule has 2 nitrogen and oxygen atoms in total. The monoisotopic (exact) mass is 298 g/mol. The van der Waals surface area contributed by atoms with Gasteiger partial charge in [-0.05, 0) is 52.3 Å². The number of rotatable bonds is 2. The molecule has 0 unspecified atom stereocenters. The highest BCUT2D eigenvalue weighted by atomic mass is 79.9. The van der Waals surface area contributed by atoms with Crippen molar-refractivity contribution in [2.24, 2.45) is 0 Å². The molecule has 3 N–H and O–H groups in total. The van der Waals surface area contributed by atoms with Gasteiger partial charge in [0.15, 0.2) is 0 Å². The number of benzene rings is 2. The molecule has 0 saturated heterocycles. The van der Waals surface area contributed by atoms with Gasteiger partial charge in [0.25, 0.3) is 0 Å². The van der Waals surface area contributed by atoms with Crippen molar-refractivity contribution in [2.75, 3.05) is 11.1 Å². The predicted octanol–water partition coefficient (Wildman–Crippen LogP) is 4.05. The van der Waals surface area contributed by atoms with E-state index in [1.165, 1.54) is 24.3 Å². The van der Waals surface area contributed by atoms with Gasteiger partial charge in [-0.3, -0.25) is 0 Å². The van der Waals surface area contributed by atoms with Crippen molar-refractivity contribution in [1.29, 1.82) is 0 Å². The van der Waals surface area contributed by atoms with E-state index >= 15 is 0 Å². The summed E-state index contributed by atoms with van der Waals surface area (Å²) in [6.07, 6.45) is 0. The number of nitrogens with one attached hydrogen (secondary N) is 1. The molecule has 5 heteroatoms.